The van der Waals surface area contributed by atoms with E-state index in [0.717, 1.165) is 25.8 Å². The molecule has 0 unspecified atom stereocenters. The summed E-state index contributed by atoms with van der Waals surface area (Å²) < 4.78 is 0. The van der Waals surface area contributed by atoms with Crippen molar-refractivity contribution >= 4 is 0 Å². The molecule has 0 aromatic carbocycles. The van der Waals surface area contributed by atoms with E-state index in [1.54, 1.807) is 0 Å². The topological polar surface area (TPSA) is 32.3 Å². The van der Waals surface area contributed by atoms with Crippen LogP contribution in [-0.4, -0.2) is 22.8 Å². The molecule has 0 saturated heterocycles. The van der Waals surface area contributed by atoms with Crippen molar-refractivity contribution in [2.24, 2.45) is 0 Å². The standard InChI is InChI=1S/C11H25NO/c1-6-11(5,7-2)12-9-8-10(3,4)13/h12-13H,6-9H2,1-5H3. The van der Waals surface area contributed by atoms with Crippen LogP contribution in [0.4, 0.5) is 0 Å². The van der Waals surface area contributed by atoms with Gasteiger partial charge in [0.05, 0.1) is 5.60 Å². The van der Waals surface area contributed by atoms with Gasteiger partial charge in [-0.05, 0) is 46.6 Å². The highest BCUT2D eigenvalue weighted by atomic mass is 16.3. The van der Waals surface area contributed by atoms with Gasteiger partial charge < -0.3 is 10.4 Å². The highest BCUT2D eigenvalue weighted by molar-refractivity contribution is 4.80. The molecule has 13 heavy (non-hydrogen) atoms. The fraction of sp³-hybridized carbons (Fsp3) is 1.00. The molecule has 0 aliphatic heterocycles. The molecule has 0 rings (SSSR count). The first kappa shape index (κ1) is 12.9. The zero-order valence-electron chi connectivity index (χ0n) is 9.78. The Balaban J connectivity index is 3.74. The lowest BCUT2D eigenvalue weighted by atomic mass is 9.95. The maximum Gasteiger partial charge on any atom is 0.0603 e. The summed E-state index contributed by atoms with van der Waals surface area (Å²) >= 11 is 0. The quantitative estimate of drug-likeness (QED) is 0.669. The van der Waals surface area contributed by atoms with Crippen molar-refractivity contribution < 1.29 is 5.11 Å². The summed E-state index contributed by atoms with van der Waals surface area (Å²) in [5, 5.41) is 13.0. The minimum absolute atomic E-state index is 0.241. The van der Waals surface area contributed by atoms with Crippen LogP contribution in [0.3, 0.4) is 0 Å². The predicted octanol–water partition coefficient (Wildman–Crippen LogP) is 2.32. The maximum absolute atomic E-state index is 9.52. The van der Waals surface area contributed by atoms with E-state index in [-0.39, 0.29) is 5.54 Å². The molecular formula is C11H25NO. The smallest absolute Gasteiger partial charge is 0.0603 e. The first-order valence-corrected chi connectivity index (χ1v) is 5.30. The van der Waals surface area contributed by atoms with Gasteiger partial charge in [0.1, 0.15) is 0 Å². The average Bonchev–Trinajstić information content (AvgIpc) is 2.02. The van der Waals surface area contributed by atoms with Crippen LogP contribution in [0.5, 0.6) is 0 Å². The Morgan fingerprint density at radius 2 is 1.54 bits per heavy atom. The Kier molecular flexibility index (Phi) is 4.93. The summed E-state index contributed by atoms with van der Waals surface area (Å²) in [7, 11) is 0. The van der Waals surface area contributed by atoms with Crippen molar-refractivity contribution in [3.63, 3.8) is 0 Å². The van der Waals surface area contributed by atoms with Crippen LogP contribution in [-0.2, 0) is 0 Å². The molecule has 0 aliphatic carbocycles. The van der Waals surface area contributed by atoms with Gasteiger partial charge >= 0.3 is 0 Å². The Hall–Kier alpha value is -0.0800. The average molecular weight is 187 g/mol. The van der Waals surface area contributed by atoms with Gasteiger partial charge in [0.25, 0.3) is 0 Å². The molecule has 80 valence electrons. The number of hydrogen-bond acceptors (Lipinski definition) is 2. The largest absolute Gasteiger partial charge is 0.390 e. The molecule has 0 bridgehead atoms. The van der Waals surface area contributed by atoms with Gasteiger partial charge in [-0.2, -0.15) is 0 Å². The van der Waals surface area contributed by atoms with Crippen molar-refractivity contribution in [3.8, 4) is 0 Å². The first-order valence-electron chi connectivity index (χ1n) is 5.30. The van der Waals surface area contributed by atoms with Crippen LogP contribution < -0.4 is 5.32 Å². The zero-order valence-corrected chi connectivity index (χ0v) is 9.78. The summed E-state index contributed by atoms with van der Waals surface area (Å²) in [5.74, 6) is 0. The molecule has 0 aliphatic rings. The lowest BCUT2D eigenvalue weighted by molar-refractivity contribution is 0.0684. The molecule has 0 spiro atoms. The maximum atomic E-state index is 9.52. The molecule has 0 saturated carbocycles. The minimum atomic E-state index is -0.546. The SMILES string of the molecule is CCC(C)(CC)NCCC(C)(C)O. The summed E-state index contributed by atoms with van der Waals surface area (Å²) in [6, 6.07) is 0. The molecule has 0 amide bonds. The zero-order chi connectivity index (χ0) is 10.5. The van der Waals surface area contributed by atoms with Crippen LogP contribution in [0.2, 0.25) is 0 Å². The third-order valence-corrected chi connectivity index (χ3v) is 2.85. The molecule has 0 aromatic heterocycles. The van der Waals surface area contributed by atoms with Gasteiger partial charge in [-0.15, -0.1) is 0 Å². The second-order valence-electron chi connectivity index (χ2n) is 4.76. The molecule has 2 nitrogen and oxygen atoms in total. The first-order chi connectivity index (χ1) is 5.83. The number of nitrogens with one attached hydrogen (secondary N) is 1. The monoisotopic (exact) mass is 187 g/mol. The third kappa shape index (κ3) is 6.05. The van der Waals surface area contributed by atoms with E-state index in [9.17, 15) is 5.11 Å². The van der Waals surface area contributed by atoms with Crippen molar-refractivity contribution in [1.29, 1.82) is 0 Å². The van der Waals surface area contributed by atoms with Crippen molar-refractivity contribution in [3.05, 3.63) is 0 Å². The Morgan fingerprint density at radius 1 is 1.08 bits per heavy atom. The minimum Gasteiger partial charge on any atom is -0.390 e. The van der Waals surface area contributed by atoms with E-state index in [1.165, 1.54) is 0 Å². The number of hydrogen-bond donors (Lipinski definition) is 2. The summed E-state index contributed by atoms with van der Waals surface area (Å²) in [5.41, 5.74) is -0.305. The summed E-state index contributed by atoms with van der Waals surface area (Å²) in [6.45, 7) is 11.2. The van der Waals surface area contributed by atoms with Crippen LogP contribution in [0.15, 0.2) is 0 Å². The van der Waals surface area contributed by atoms with Gasteiger partial charge in [0.15, 0.2) is 0 Å². The number of rotatable bonds is 6. The summed E-state index contributed by atoms with van der Waals surface area (Å²) in [4.78, 5) is 0. The lowest BCUT2D eigenvalue weighted by Gasteiger charge is -2.30. The fourth-order valence-corrected chi connectivity index (χ4v) is 1.17. The van der Waals surface area contributed by atoms with Gasteiger partial charge in [-0.25, -0.2) is 0 Å². The fourth-order valence-electron chi connectivity index (χ4n) is 1.17. The van der Waals surface area contributed by atoms with Crippen molar-refractivity contribution in [1.82, 2.24) is 5.32 Å². The second-order valence-corrected chi connectivity index (χ2v) is 4.76. The second kappa shape index (κ2) is 4.97. The van der Waals surface area contributed by atoms with E-state index in [1.807, 2.05) is 13.8 Å². The number of aliphatic hydroxyl groups is 1. The van der Waals surface area contributed by atoms with Crippen LogP contribution in [0.25, 0.3) is 0 Å². The molecule has 0 radical (unpaired) electrons. The van der Waals surface area contributed by atoms with E-state index in [4.69, 9.17) is 0 Å². The third-order valence-electron chi connectivity index (χ3n) is 2.85. The predicted molar refractivity (Wildman–Crippen MR) is 57.9 cm³/mol. The van der Waals surface area contributed by atoms with Crippen molar-refractivity contribution in [2.75, 3.05) is 6.54 Å². The van der Waals surface area contributed by atoms with E-state index in [0.29, 0.717) is 0 Å². The van der Waals surface area contributed by atoms with E-state index in [2.05, 4.69) is 26.1 Å². The Morgan fingerprint density at radius 3 is 1.85 bits per heavy atom. The van der Waals surface area contributed by atoms with E-state index >= 15 is 0 Å². The van der Waals surface area contributed by atoms with Gasteiger partial charge in [-0.3, -0.25) is 0 Å². The van der Waals surface area contributed by atoms with Crippen LogP contribution in [0, 0.1) is 0 Å². The van der Waals surface area contributed by atoms with Crippen LogP contribution in [0.1, 0.15) is 53.9 Å². The molecule has 0 aromatic rings. The van der Waals surface area contributed by atoms with Gasteiger partial charge in [0, 0.05) is 5.54 Å². The summed E-state index contributed by atoms with van der Waals surface area (Å²) in [6.07, 6.45) is 3.08. The van der Waals surface area contributed by atoms with E-state index < -0.39 is 5.60 Å². The molecule has 0 atom stereocenters. The highest BCUT2D eigenvalue weighted by Crippen LogP contribution is 2.14. The molecule has 0 fully saturated rings. The Bertz CT molecular complexity index is 134. The molecular weight excluding hydrogens is 162 g/mol. The van der Waals surface area contributed by atoms with Gasteiger partial charge in [-0.1, -0.05) is 13.8 Å². The Labute approximate surface area is 82.7 Å². The van der Waals surface area contributed by atoms with Gasteiger partial charge in [0.2, 0.25) is 0 Å². The highest BCUT2D eigenvalue weighted by Gasteiger charge is 2.19. The molecule has 0 heterocycles. The van der Waals surface area contributed by atoms with Crippen molar-refractivity contribution in [2.45, 2.75) is 65.0 Å². The van der Waals surface area contributed by atoms with Crippen LogP contribution >= 0.6 is 0 Å². The normalized spacial score (nSPS) is 13.4. The lowest BCUT2D eigenvalue weighted by Crippen LogP contribution is -2.43. The molecule has 2 heteroatoms. The molecule has 2 N–H and O–H groups in total.